The molecule has 1 saturated carbocycles. The Morgan fingerprint density at radius 3 is 2.47 bits per heavy atom. The van der Waals surface area contributed by atoms with Crippen LogP contribution in [0.2, 0.25) is 0 Å². The van der Waals surface area contributed by atoms with E-state index in [1.807, 2.05) is 0 Å². The van der Waals surface area contributed by atoms with Gasteiger partial charge in [0.25, 0.3) is 11.8 Å². The topological polar surface area (TPSA) is 74.7 Å². The van der Waals surface area contributed by atoms with Crippen LogP contribution in [0.4, 0.5) is 0 Å². The van der Waals surface area contributed by atoms with Crippen molar-refractivity contribution < 1.29 is 19.5 Å². The Hall–Kier alpha value is -1.65. The van der Waals surface area contributed by atoms with Crippen LogP contribution in [0.5, 0.6) is 0 Å². The molecule has 1 aliphatic carbocycles. The summed E-state index contributed by atoms with van der Waals surface area (Å²) in [6.07, 6.45) is 2.33. The number of carboxylic acids is 1. The Kier molecular flexibility index (Phi) is 1.92. The highest BCUT2D eigenvalue weighted by atomic mass is 16.4. The third-order valence-electron chi connectivity index (χ3n) is 2.96. The van der Waals surface area contributed by atoms with E-state index in [9.17, 15) is 14.4 Å². The second-order valence-corrected chi connectivity index (χ2v) is 4.14. The molecule has 0 atom stereocenters. The van der Waals surface area contributed by atoms with E-state index in [1.165, 1.54) is 6.08 Å². The van der Waals surface area contributed by atoms with E-state index in [4.69, 9.17) is 5.11 Å². The molecule has 0 bridgehead atoms. The summed E-state index contributed by atoms with van der Waals surface area (Å²) in [6.45, 7) is 1.56. The minimum Gasteiger partial charge on any atom is -0.481 e. The number of hydrogen-bond acceptors (Lipinski definition) is 3. The van der Waals surface area contributed by atoms with E-state index in [2.05, 4.69) is 0 Å². The van der Waals surface area contributed by atoms with Gasteiger partial charge in [-0.15, -0.1) is 0 Å². The molecule has 80 valence electrons. The zero-order valence-corrected chi connectivity index (χ0v) is 8.32. The number of carboxylic acid groups (broad SMARTS) is 1. The number of hydrogen-bond donors (Lipinski definition) is 1. The number of amides is 2. The summed E-state index contributed by atoms with van der Waals surface area (Å²) in [5, 5.41) is 8.94. The lowest BCUT2D eigenvalue weighted by molar-refractivity contribution is -0.146. The van der Waals surface area contributed by atoms with E-state index in [-0.39, 0.29) is 12.5 Å². The van der Waals surface area contributed by atoms with Crippen LogP contribution in [0, 0.1) is 5.41 Å². The molecule has 1 fully saturated rings. The molecule has 1 aliphatic heterocycles. The average Bonchev–Trinajstić information content (AvgIpc) is 2.89. The Bertz CT molecular complexity index is 392. The molecule has 0 aromatic heterocycles. The normalized spacial score (nSPS) is 23.0. The molecular formula is C10H11NO4. The van der Waals surface area contributed by atoms with Gasteiger partial charge in [-0.1, -0.05) is 0 Å². The smallest absolute Gasteiger partial charge is 0.311 e. The third-order valence-corrected chi connectivity index (χ3v) is 2.96. The molecule has 0 aromatic carbocycles. The van der Waals surface area contributed by atoms with Crippen molar-refractivity contribution in [2.45, 2.75) is 19.8 Å². The van der Waals surface area contributed by atoms with E-state index in [0.29, 0.717) is 18.4 Å². The van der Waals surface area contributed by atoms with Gasteiger partial charge < -0.3 is 5.11 Å². The molecule has 5 heteroatoms. The maximum atomic E-state index is 11.5. The maximum absolute atomic E-state index is 11.5. The van der Waals surface area contributed by atoms with Crippen LogP contribution in [0.3, 0.4) is 0 Å². The Balaban J connectivity index is 2.12. The van der Waals surface area contributed by atoms with Crippen molar-refractivity contribution in [2.24, 2.45) is 5.41 Å². The van der Waals surface area contributed by atoms with Crippen molar-refractivity contribution in [3.05, 3.63) is 11.6 Å². The fourth-order valence-corrected chi connectivity index (χ4v) is 1.68. The molecule has 0 radical (unpaired) electrons. The molecule has 2 rings (SSSR count). The van der Waals surface area contributed by atoms with Gasteiger partial charge in [-0.3, -0.25) is 19.3 Å². The number of nitrogens with zero attached hydrogens (tertiary/aromatic N) is 1. The molecule has 0 spiro atoms. The Morgan fingerprint density at radius 1 is 1.53 bits per heavy atom. The molecule has 0 unspecified atom stereocenters. The van der Waals surface area contributed by atoms with E-state index >= 15 is 0 Å². The summed E-state index contributed by atoms with van der Waals surface area (Å²) in [5.74, 6) is -1.69. The van der Waals surface area contributed by atoms with Crippen molar-refractivity contribution >= 4 is 17.8 Å². The highest BCUT2D eigenvalue weighted by Crippen LogP contribution is 2.47. The average molecular weight is 209 g/mol. The molecule has 2 aliphatic rings. The quantitative estimate of drug-likeness (QED) is 0.672. The zero-order valence-electron chi connectivity index (χ0n) is 8.32. The van der Waals surface area contributed by atoms with E-state index in [0.717, 1.165) is 4.90 Å². The maximum Gasteiger partial charge on any atom is 0.311 e. The van der Waals surface area contributed by atoms with Gasteiger partial charge >= 0.3 is 5.97 Å². The van der Waals surface area contributed by atoms with Gasteiger partial charge in [0.05, 0.1) is 5.41 Å². The van der Waals surface area contributed by atoms with Crippen molar-refractivity contribution in [1.82, 2.24) is 4.90 Å². The summed E-state index contributed by atoms with van der Waals surface area (Å²) in [4.78, 5) is 34.8. The van der Waals surface area contributed by atoms with Crippen LogP contribution in [0.25, 0.3) is 0 Å². The molecule has 0 saturated heterocycles. The first kappa shape index (κ1) is 9.89. The lowest BCUT2D eigenvalue weighted by atomic mass is 10.1. The summed E-state index contributed by atoms with van der Waals surface area (Å²) in [7, 11) is 0. The van der Waals surface area contributed by atoms with Gasteiger partial charge in [0.2, 0.25) is 0 Å². The molecule has 2 amide bonds. The fraction of sp³-hybridized carbons (Fsp3) is 0.500. The van der Waals surface area contributed by atoms with Crippen molar-refractivity contribution in [3.8, 4) is 0 Å². The van der Waals surface area contributed by atoms with Crippen molar-refractivity contribution in [3.63, 3.8) is 0 Å². The second kappa shape index (κ2) is 2.92. The monoisotopic (exact) mass is 209 g/mol. The highest BCUT2D eigenvalue weighted by molar-refractivity contribution is 6.16. The van der Waals surface area contributed by atoms with E-state index < -0.39 is 17.3 Å². The number of rotatable bonds is 3. The van der Waals surface area contributed by atoms with Crippen LogP contribution < -0.4 is 0 Å². The molecular weight excluding hydrogens is 198 g/mol. The summed E-state index contributed by atoms with van der Waals surface area (Å²) in [5.41, 5.74) is -0.495. The predicted molar refractivity (Wildman–Crippen MR) is 49.8 cm³/mol. The lowest BCUT2D eigenvalue weighted by Crippen LogP contribution is -2.39. The van der Waals surface area contributed by atoms with Crippen molar-refractivity contribution in [2.75, 3.05) is 6.54 Å². The molecule has 1 N–H and O–H groups in total. The van der Waals surface area contributed by atoms with Gasteiger partial charge in [-0.2, -0.15) is 0 Å². The Morgan fingerprint density at radius 2 is 2.13 bits per heavy atom. The summed E-state index contributed by atoms with van der Waals surface area (Å²) in [6, 6.07) is 0. The Labute approximate surface area is 86.4 Å². The van der Waals surface area contributed by atoms with Gasteiger partial charge in [-0.05, 0) is 19.8 Å². The molecule has 0 aromatic rings. The van der Waals surface area contributed by atoms with Gasteiger partial charge in [0.15, 0.2) is 0 Å². The van der Waals surface area contributed by atoms with Crippen molar-refractivity contribution in [1.29, 1.82) is 0 Å². The number of imide groups is 1. The van der Waals surface area contributed by atoms with Crippen LogP contribution in [0.15, 0.2) is 11.6 Å². The first-order valence-corrected chi connectivity index (χ1v) is 4.74. The number of carbonyl (C=O) groups is 3. The summed E-state index contributed by atoms with van der Waals surface area (Å²) < 4.78 is 0. The fourth-order valence-electron chi connectivity index (χ4n) is 1.68. The predicted octanol–water partition coefficient (Wildman–Crippen LogP) is 0.166. The summed E-state index contributed by atoms with van der Waals surface area (Å²) >= 11 is 0. The third kappa shape index (κ3) is 1.44. The van der Waals surface area contributed by atoms with Gasteiger partial charge in [0, 0.05) is 18.2 Å². The second-order valence-electron chi connectivity index (χ2n) is 4.14. The zero-order chi connectivity index (χ0) is 11.2. The lowest BCUT2D eigenvalue weighted by Gasteiger charge is -2.18. The molecule has 5 nitrogen and oxygen atoms in total. The van der Waals surface area contributed by atoms with Gasteiger partial charge in [0.1, 0.15) is 0 Å². The first-order valence-electron chi connectivity index (χ1n) is 4.74. The molecule has 1 heterocycles. The van der Waals surface area contributed by atoms with E-state index in [1.54, 1.807) is 6.92 Å². The first-order chi connectivity index (χ1) is 6.96. The standard InChI is InChI=1S/C10H11NO4/c1-6-4-7(12)11(8(6)13)5-10(2-3-10)9(14)15/h4H,2-3,5H2,1H3,(H,14,15). The number of carbonyl (C=O) groups excluding carboxylic acids is 2. The molecule has 15 heavy (non-hydrogen) atoms. The highest BCUT2D eigenvalue weighted by Gasteiger charge is 2.53. The van der Waals surface area contributed by atoms with Crippen LogP contribution >= 0.6 is 0 Å². The SMILES string of the molecule is CC1=CC(=O)N(CC2(C(=O)O)CC2)C1=O. The van der Waals surface area contributed by atoms with Crippen LogP contribution in [-0.4, -0.2) is 34.3 Å². The van der Waals surface area contributed by atoms with Crippen LogP contribution in [0.1, 0.15) is 19.8 Å². The van der Waals surface area contributed by atoms with Gasteiger partial charge in [-0.25, -0.2) is 0 Å². The minimum absolute atomic E-state index is 0.00778. The number of aliphatic carboxylic acids is 1. The van der Waals surface area contributed by atoms with Crippen LogP contribution in [-0.2, 0) is 14.4 Å². The minimum atomic E-state index is -0.923. The largest absolute Gasteiger partial charge is 0.481 e.